The Balaban J connectivity index is 1.40. The van der Waals surface area contributed by atoms with E-state index in [9.17, 15) is 4.79 Å². The number of nitrogens with zero attached hydrogens (tertiary/aromatic N) is 2. The van der Waals surface area contributed by atoms with Gasteiger partial charge in [-0.15, -0.1) is 11.3 Å². The van der Waals surface area contributed by atoms with E-state index >= 15 is 0 Å². The Morgan fingerprint density at radius 2 is 1.81 bits per heavy atom. The van der Waals surface area contributed by atoms with Gasteiger partial charge in [0.25, 0.3) is 0 Å². The van der Waals surface area contributed by atoms with Gasteiger partial charge in [0.15, 0.2) is 11.5 Å². The minimum absolute atomic E-state index is 0.0627. The largest absolute Gasteiger partial charge is 0.493 e. The molecule has 0 saturated heterocycles. The lowest BCUT2D eigenvalue weighted by atomic mass is 9.82. The fraction of sp³-hybridized carbons (Fsp3) is 0.360. The van der Waals surface area contributed by atoms with Crippen molar-refractivity contribution < 1.29 is 14.3 Å². The van der Waals surface area contributed by atoms with Crippen molar-refractivity contribution in [2.24, 2.45) is 5.92 Å². The predicted molar refractivity (Wildman–Crippen MR) is 123 cm³/mol. The summed E-state index contributed by atoms with van der Waals surface area (Å²) in [5, 5.41) is 1.08. The molecule has 2 atom stereocenters. The number of allylic oxidation sites excluding steroid dienone is 2. The third-order valence-corrected chi connectivity index (χ3v) is 7.58. The predicted octanol–water partition coefficient (Wildman–Crippen LogP) is 4.95. The molecule has 1 aliphatic heterocycles. The average Bonchev–Trinajstić information content (AvgIpc) is 3.26. The quantitative estimate of drug-likeness (QED) is 0.546. The van der Waals surface area contributed by atoms with Crippen LogP contribution in [-0.2, 0) is 17.8 Å². The fourth-order valence-corrected chi connectivity index (χ4v) is 5.86. The molecule has 160 valence electrons. The second-order valence-electron chi connectivity index (χ2n) is 8.16. The topological polar surface area (TPSA) is 51.7 Å². The molecule has 5 nitrogen and oxygen atoms in total. The van der Waals surface area contributed by atoms with Crippen LogP contribution in [0, 0.1) is 5.92 Å². The molecule has 1 amide bonds. The molecule has 0 saturated carbocycles. The number of rotatable bonds is 4. The fourth-order valence-electron chi connectivity index (χ4n) is 4.71. The van der Waals surface area contributed by atoms with Crippen molar-refractivity contribution in [2.45, 2.75) is 31.7 Å². The smallest absolute Gasteiger partial charge is 0.227 e. The summed E-state index contributed by atoms with van der Waals surface area (Å²) in [7, 11) is 3.30. The molecule has 5 rings (SSSR count). The molecule has 2 aromatic carbocycles. The van der Waals surface area contributed by atoms with E-state index in [2.05, 4.69) is 18.2 Å². The third-order valence-electron chi connectivity index (χ3n) is 6.41. The molecule has 0 N–H and O–H groups in total. The highest BCUT2D eigenvalue weighted by molar-refractivity contribution is 7.18. The van der Waals surface area contributed by atoms with Crippen molar-refractivity contribution in [3.8, 4) is 11.5 Å². The molecular weight excluding hydrogens is 408 g/mol. The lowest BCUT2D eigenvalue weighted by Crippen LogP contribution is -2.42. The maximum atomic E-state index is 13.7. The highest BCUT2D eigenvalue weighted by atomic mass is 32.1. The van der Waals surface area contributed by atoms with Crippen molar-refractivity contribution in [3.63, 3.8) is 0 Å². The van der Waals surface area contributed by atoms with E-state index < -0.39 is 0 Å². The van der Waals surface area contributed by atoms with Crippen LogP contribution in [0.1, 0.15) is 34.9 Å². The maximum Gasteiger partial charge on any atom is 0.227 e. The molecule has 6 heteroatoms. The van der Waals surface area contributed by atoms with Gasteiger partial charge in [0.2, 0.25) is 5.91 Å². The zero-order valence-corrected chi connectivity index (χ0v) is 18.7. The van der Waals surface area contributed by atoms with Gasteiger partial charge >= 0.3 is 0 Å². The molecule has 2 aliphatic rings. The first-order valence-corrected chi connectivity index (χ1v) is 11.5. The second-order valence-corrected chi connectivity index (χ2v) is 9.22. The average molecular weight is 435 g/mol. The summed E-state index contributed by atoms with van der Waals surface area (Å²) in [5.41, 5.74) is 3.39. The number of para-hydroxylation sites is 1. The standard InChI is InChI=1S/C25H26N2O3S/c1-29-21-13-16-11-12-27(15-17(16)14-22(21)30-2)25(28)19-8-4-3-7-18(19)24-26-20-9-5-6-10-23(20)31-24/h3-6,9-10,13-14,18-19H,7-8,11-12,15H2,1-2H3/t18-,19+/m1/s1. The Bertz CT molecular complexity index is 1120. The number of carbonyl (C=O) groups is 1. The molecule has 0 spiro atoms. The van der Waals surface area contributed by atoms with Gasteiger partial charge < -0.3 is 14.4 Å². The van der Waals surface area contributed by atoms with Crippen LogP contribution >= 0.6 is 11.3 Å². The van der Waals surface area contributed by atoms with Gasteiger partial charge in [-0.3, -0.25) is 4.79 Å². The van der Waals surface area contributed by atoms with Crippen molar-refractivity contribution in [2.75, 3.05) is 20.8 Å². The molecule has 0 unspecified atom stereocenters. The van der Waals surface area contributed by atoms with Crippen LogP contribution in [0.5, 0.6) is 11.5 Å². The SMILES string of the molecule is COc1cc2c(cc1OC)CN(C(=O)[C@H]1CC=CC[C@H]1c1nc3ccccc3s1)CC2. The second kappa shape index (κ2) is 8.35. The molecule has 0 radical (unpaired) electrons. The summed E-state index contributed by atoms with van der Waals surface area (Å²) >= 11 is 1.72. The Hall–Kier alpha value is -2.86. The number of thiazole rings is 1. The first-order chi connectivity index (χ1) is 15.2. The molecule has 1 aromatic heterocycles. The summed E-state index contributed by atoms with van der Waals surface area (Å²) in [6, 6.07) is 12.3. The van der Waals surface area contributed by atoms with E-state index in [0.717, 1.165) is 47.6 Å². The molecule has 1 aliphatic carbocycles. The Kier molecular flexibility index (Phi) is 5.40. The van der Waals surface area contributed by atoms with Crippen LogP contribution in [-0.4, -0.2) is 36.6 Å². The van der Waals surface area contributed by atoms with E-state index in [1.54, 1.807) is 25.6 Å². The van der Waals surface area contributed by atoms with Crippen LogP contribution in [0.25, 0.3) is 10.2 Å². The van der Waals surface area contributed by atoms with E-state index in [1.165, 1.54) is 10.3 Å². The first kappa shape index (κ1) is 20.1. The molecule has 0 bridgehead atoms. The summed E-state index contributed by atoms with van der Waals surface area (Å²) in [6.45, 7) is 1.34. The number of fused-ring (bicyclic) bond motifs is 2. The minimum Gasteiger partial charge on any atom is -0.493 e. The zero-order chi connectivity index (χ0) is 21.4. The summed E-state index contributed by atoms with van der Waals surface area (Å²) < 4.78 is 12.1. The zero-order valence-electron chi connectivity index (χ0n) is 17.8. The normalized spacial score (nSPS) is 20.5. The van der Waals surface area contributed by atoms with Gasteiger partial charge in [0, 0.05) is 19.0 Å². The van der Waals surface area contributed by atoms with Crippen molar-refractivity contribution in [1.29, 1.82) is 0 Å². The van der Waals surface area contributed by atoms with Crippen LogP contribution in [0.3, 0.4) is 0 Å². The maximum absolute atomic E-state index is 13.7. The van der Waals surface area contributed by atoms with E-state index in [1.807, 2.05) is 35.2 Å². The third kappa shape index (κ3) is 3.69. The highest BCUT2D eigenvalue weighted by Gasteiger charge is 2.36. The van der Waals surface area contributed by atoms with Gasteiger partial charge in [0.1, 0.15) is 0 Å². The van der Waals surface area contributed by atoms with Crippen molar-refractivity contribution >= 4 is 27.5 Å². The number of aromatic nitrogens is 1. The molecule has 31 heavy (non-hydrogen) atoms. The van der Waals surface area contributed by atoms with E-state index in [0.29, 0.717) is 12.3 Å². The van der Waals surface area contributed by atoms with Crippen molar-refractivity contribution in [1.82, 2.24) is 9.88 Å². The van der Waals surface area contributed by atoms with Gasteiger partial charge in [-0.1, -0.05) is 24.3 Å². The molecular formula is C25H26N2O3S. The number of hydrogen-bond donors (Lipinski definition) is 0. The van der Waals surface area contributed by atoms with Gasteiger partial charge in [-0.25, -0.2) is 4.98 Å². The minimum atomic E-state index is -0.0627. The molecule has 0 fully saturated rings. The van der Waals surface area contributed by atoms with Gasteiger partial charge in [-0.2, -0.15) is 0 Å². The van der Waals surface area contributed by atoms with Gasteiger partial charge in [-0.05, 0) is 54.7 Å². The lowest BCUT2D eigenvalue weighted by Gasteiger charge is -2.35. The van der Waals surface area contributed by atoms with Crippen LogP contribution in [0.15, 0.2) is 48.6 Å². The van der Waals surface area contributed by atoms with E-state index in [-0.39, 0.29) is 17.7 Å². The first-order valence-electron chi connectivity index (χ1n) is 10.7. The van der Waals surface area contributed by atoms with Gasteiger partial charge in [0.05, 0.1) is 35.4 Å². The Labute approximate surface area is 186 Å². The molecule has 3 aromatic rings. The Morgan fingerprint density at radius 1 is 1.06 bits per heavy atom. The number of methoxy groups -OCH3 is 2. The lowest BCUT2D eigenvalue weighted by molar-refractivity contribution is -0.137. The molecule has 2 heterocycles. The summed E-state index contributed by atoms with van der Waals surface area (Å²) in [5.74, 6) is 1.76. The van der Waals surface area contributed by atoms with Crippen molar-refractivity contribution in [3.05, 3.63) is 64.7 Å². The van der Waals surface area contributed by atoms with E-state index in [4.69, 9.17) is 14.5 Å². The highest BCUT2D eigenvalue weighted by Crippen LogP contribution is 2.40. The number of amides is 1. The van der Waals surface area contributed by atoms with Crippen LogP contribution in [0.4, 0.5) is 0 Å². The Morgan fingerprint density at radius 3 is 2.58 bits per heavy atom. The monoisotopic (exact) mass is 434 g/mol. The number of carbonyl (C=O) groups excluding carboxylic acids is 1. The number of hydrogen-bond acceptors (Lipinski definition) is 5. The summed E-state index contributed by atoms with van der Waals surface area (Å²) in [6.07, 6.45) is 6.82. The summed E-state index contributed by atoms with van der Waals surface area (Å²) in [4.78, 5) is 20.5. The van der Waals surface area contributed by atoms with Crippen LogP contribution in [0.2, 0.25) is 0 Å². The van der Waals surface area contributed by atoms with Crippen LogP contribution < -0.4 is 9.47 Å². The number of ether oxygens (including phenoxy) is 2. The number of benzene rings is 2.